The molecule has 1 unspecified atom stereocenters. The lowest BCUT2D eigenvalue weighted by Crippen LogP contribution is -2.54. The molecule has 0 radical (unpaired) electrons. The molecule has 1 heterocycles. The summed E-state index contributed by atoms with van der Waals surface area (Å²) in [6.07, 6.45) is -1.32. The van der Waals surface area contributed by atoms with E-state index >= 15 is 0 Å². The number of carbonyl (C=O) groups excluding carboxylic acids is 1. The number of piperidine rings is 1. The van der Waals surface area contributed by atoms with Gasteiger partial charge in [0.2, 0.25) is 5.91 Å². The molecule has 2 N–H and O–H groups in total. The molecule has 7 heteroatoms. The molecule has 0 aliphatic carbocycles. The Bertz CT molecular complexity index is 565. The lowest BCUT2D eigenvalue weighted by Gasteiger charge is -2.37. The summed E-state index contributed by atoms with van der Waals surface area (Å²) < 4.78 is 37.9. The van der Waals surface area contributed by atoms with E-state index in [1.165, 1.54) is 0 Å². The monoisotopic (exact) mass is 378 g/mol. The van der Waals surface area contributed by atoms with Gasteiger partial charge >= 0.3 is 6.18 Å². The summed E-state index contributed by atoms with van der Waals surface area (Å²) in [6, 6.07) is 5.36. The van der Waals surface area contributed by atoms with Crippen LogP contribution in [0.5, 0.6) is 0 Å². The number of nitrogens with two attached hydrogens (primary N) is 1. The van der Waals surface area contributed by atoms with Crippen LogP contribution in [-0.2, 0) is 11.0 Å². The quantitative estimate of drug-likeness (QED) is 0.846. The fourth-order valence-corrected chi connectivity index (χ4v) is 3.35. The van der Waals surface area contributed by atoms with Crippen molar-refractivity contribution in [3.63, 3.8) is 0 Å². The van der Waals surface area contributed by atoms with Gasteiger partial charge in [0.15, 0.2) is 0 Å². The van der Waals surface area contributed by atoms with Crippen LogP contribution >= 0.6 is 12.4 Å². The van der Waals surface area contributed by atoms with E-state index in [0.717, 1.165) is 37.0 Å². The Morgan fingerprint density at radius 3 is 2.16 bits per heavy atom. The van der Waals surface area contributed by atoms with Crippen molar-refractivity contribution in [3.05, 3.63) is 35.4 Å². The first kappa shape index (κ1) is 21.8. The second-order valence-corrected chi connectivity index (χ2v) is 6.85. The van der Waals surface area contributed by atoms with Gasteiger partial charge in [0.1, 0.15) is 0 Å². The van der Waals surface area contributed by atoms with Crippen LogP contribution < -0.4 is 5.73 Å². The Morgan fingerprint density at radius 2 is 1.72 bits per heavy atom. The number of carbonyl (C=O) groups is 1. The average Bonchev–Trinajstić information content (AvgIpc) is 2.53. The molecule has 1 aliphatic heterocycles. The van der Waals surface area contributed by atoms with Gasteiger partial charge in [-0.05, 0) is 49.8 Å². The van der Waals surface area contributed by atoms with E-state index in [1.807, 2.05) is 6.92 Å². The molecule has 0 spiro atoms. The molecule has 1 saturated heterocycles. The lowest BCUT2D eigenvalue weighted by molar-refractivity contribution is -0.138. The number of nitrogens with zero attached hydrogens (tertiary/aromatic N) is 1. The first-order valence-electron chi connectivity index (χ1n) is 8.40. The molecule has 1 fully saturated rings. The fraction of sp³-hybridized carbons (Fsp3) is 0.611. The van der Waals surface area contributed by atoms with Crippen LogP contribution in [0.4, 0.5) is 13.2 Å². The van der Waals surface area contributed by atoms with Crippen molar-refractivity contribution >= 4 is 18.3 Å². The van der Waals surface area contributed by atoms with Gasteiger partial charge in [0.25, 0.3) is 0 Å². The number of alkyl halides is 3. The maximum absolute atomic E-state index is 12.6. The highest BCUT2D eigenvalue weighted by Crippen LogP contribution is 2.33. The smallest absolute Gasteiger partial charge is 0.341 e. The third-order valence-corrected chi connectivity index (χ3v) is 4.75. The van der Waals surface area contributed by atoms with Crippen LogP contribution in [0, 0.1) is 0 Å². The van der Waals surface area contributed by atoms with Gasteiger partial charge in [-0.15, -0.1) is 12.4 Å². The number of rotatable bonds is 4. The van der Waals surface area contributed by atoms with Crippen molar-refractivity contribution in [1.82, 2.24) is 4.90 Å². The van der Waals surface area contributed by atoms with E-state index in [-0.39, 0.29) is 24.2 Å². The lowest BCUT2D eigenvalue weighted by atomic mass is 9.87. The van der Waals surface area contributed by atoms with Crippen LogP contribution in [0.3, 0.4) is 0 Å². The van der Waals surface area contributed by atoms with Crippen LogP contribution in [-0.4, -0.2) is 29.4 Å². The molecule has 1 aromatic rings. The van der Waals surface area contributed by atoms with Crippen molar-refractivity contribution in [2.45, 2.75) is 57.2 Å². The van der Waals surface area contributed by atoms with Crippen molar-refractivity contribution in [2.75, 3.05) is 13.1 Å². The molecule has 1 amide bonds. The fourth-order valence-electron chi connectivity index (χ4n) is 3.35. The van der Waals surface area contributed by atoms with Gasteiger partial charge in [-0.3, -0.25) is 4.79 Å². The van der Waals surface area contributed by atoms with Crippen molar-refractivity contribution in [3.8, 4) is 0 Å². The molecule has 1 atom stereocenters. The Morgan fingerprint density at radius 1 is 1.20 bits per heavy atom. The normalized spacial score (nSPS) is 18.4. The second kappa shape index (κ2) is 8.41. The van der Waals surface area contributed by atoms with Gasteiger partial charge in [0.05, 0.1) is 11.1 Å². The number of likely N-dealkylation sites (tertiary alicyclic amines) is 1. The summed E-state index contributed by atoms with van der Waals surface area (Å²) in [7, 11) is 0. The van der Waals surface area contributed by atoms with Crippen molar-refractivity contribution in [1.29, 1.82) is 0 Å². The maximum Gasteiger partial charge on any atom is 0.416 e. The highest BCUT2D eigenvalue weighted by atomic mass is 35.5. The van der Waals surface area contributed by atoms with E-state index < -0.39 is 17.3 Å². The third-order valence-electron chi connectivity index (χ3n) is 4.75. The SMILES string of the molecule is CCCC(C)(N)C(=O)N1CCC(c2ccc(C(F)(F)F)cc2)CC1.Cl. The van der Waals surface area contributed by atoms with Crippen LogP contribution in [0.2, 0.25) is 0 Å². The minimum absolute atomic E-state index is 0. The zero-order valence-electron chi connectivity index (χ0n) is 14.6. The van der Waals surface area contributed by atoms with Gasteiger partial charge in [-0.2, -0.15) is 13.2 Å². The molecule has 0 saturated carbocycles. The highest BCUT2D eigenvalue weighted by Gasteiger charge is 2.34. The van der Waals surface area contributed by atoms with Crippen LogP contribution in [0.25, 0.3) is 0 Å². The number of hydrogen-bond acceptors (Lipinski definition) is 2. The van der Waals surface area contributed by atoms with E-state index in [2.05, 4.69) is 0 Å². The average molecular weight is 379 g/mol. The minimum Gasteiger partial charge on any atom is -0.341 e. The molecule has 1 aliphatic rings. The van der Waals surface area contributed by atoms with Gasteiger partial charge in [0, 0.05) is 13.1 Å². The van der Waals surface area contributed by atoms with Gasteiger partial charge < -0.3 is 10.6 Å². The second-order valence-electron chi connectivity index (χ2n) is 6.85. The van der Waals surface area contributed by atoms with E-state index in [4.69, 9.17) is 5.73 Å². The summed E-state index contributed by atoms with van der Waals surface area (Å²) >= 11 is 0. The topological polar surface area (TPSA) is 46.3 Å². The van der Waals surface area contributed by atoms with Crippen molar-refractivity contribution < 1.29 is 18.0 Å². The Balaban J connectivity index is 0.00000312. The summed E-state index contributed by atoms with van der Waals surface area (Å²) in [5.74, 6) is 0.154. The van der Waals surface area contributed by atoms with Crippen LogP contribution in [0.1, 0.15) is 56.6 Å². The molecular weight excluding hydrogens is 353 g/mol. The third kappa shape index (κ3) is 5.35. The Labute approximate surface area is 153 Å². The predicted octanol–water partition coefficient (Wildman–Crippen LogP) is 4.35. The molecule has 3 nitrogen and oxygen atoms in total. The predicted molar refractivity (Wildman–Crippen MR) is 94.7 cm³/mol. The Hall–Kier alpha value is -1.27. The molecule has 2 rings (SSSR count). The molecule has 142 valence electrons. The number of benzene rings is 1. The number of halogens is 4. The summed E-state index contributed by atoms with van der Waals surface area (Å²) in [6.45, 7) is 4.96. The molecular formula is C18H26ClF3N2O. The standard InChI is InChI=1S/C18H25F3N2O.ClH/c1-3-10-17(2,22)16(24)23-11-8-14(9-12-23)13-4-6-15(7-5-13)18(19,20)21;/h4-7,14H,3,8-12,22H2,1-2H3;1H. The van der Waals surface area contributed by atoms with Gasteiger partial charge in [-0.25, -0.2) is 0 Å². The van der Waals surface area contributed by atoms with E-state index in [9.17, 15) is 18.0 Å². The van der Waals surface area contributed by atoms with Crippen LogP contribution in [0.15, 0.2) is 24.3 Å². The van der Waals surface area contributed by atoms with E-state index in [0.29, 0.717) is 19.5 Å². The van der Waals surface area contributed by atoms with Crippen molar-refractivity contribution in [2.24, 2.45) is 5.73 Å². The summed E-state index contributed by atoms with van der Waals surface area (Å²) in [5.41, 5.74) is 5.54. The van der Waals surface area contributed by atoms with Gasteiger partial charge in [-0.1, -0.05) is 25.5 Å². The highest BCUT2D eigenvalue weighted by molar-refractivity contribution is 5.86. The summed E-state index contributed by atoms with van der Waals surface area (Å²) in [5, 5.41) is 0. The molecule has 0 bridgehead atoms. The summed E-state index contributed by atoms with van der Waals surface area (Å²) in [4.78, 5) is 14.3. The zero-order chi connectivity index (χ0) is 18.0. The zero-order valence-corrected chi connectivity index (χ0v) is 15.4. The first-order valence-corrected chi connectivity index (χ1v) is 8.40. The minimum atomic E-state index is -4.31. The molecule has 25 heavy (non-hydrogen) atoms. The Kier molecular flexibility index (Phi) is 7.32. The van der Waals surface area contributed by atoms with E-state index in [1.54, 1.807) is 24.0 Å². The maximum atomic E-state index is 12.6. The number of hydrogen-bond donors (Lipinski definition) is 1. The number of amides is 1. The largest absolute Gasteiger partial charge is 0.416 e. The first-order chi connectivity index (χ1) is 11.1. The molecule has 1 aromatic carbocycles. The molecule has 0 aromatic heterocycles.